The van der Waals surface area contributed by atoms with Gasteiger partial charge in [0.25, 0.3) is 0 Å². The molecule has 2 heterocycles. The van der Waals surface area contributed by atoms with E-state index >= 15 is 0 Å². The zero-order valence-corrected chi connectivity index (χ0v) is 11.6. The van der Waals surface area contributed by atoms with E-state index in [0.29, 0.717) is 0 Å². The summed E-state index contributed by atoms with van der Waals surface area (Å²) < 4.78 is 0. The molecule has 2 rings (SSSR count). The van der Waals surface area contributed by atoms with Gasteiger partial charge in [0.2, 0.25) is 0 Å². The smallest absolute Gasteiger partial charge is 0.00915 e. The second-order valence-electron chi connectivity index (χ2n) is 5.89. The first-order chi connectivity index (χ1) is 8.28. The molecule has 17 heavy (non-hydrogen) atoms. The Morgan fingerprint density at radius 3 is 2.53 bits per heavy atom. The summed E-state index contributed by atoms with van der Waals surface area (Å²) in [5.74, 6) is 0.887. The van der Waals surface area contributed by atoms with Gasteiger partial charge in [0.05, 0.1) is 0 Å². The summed E-state index contributed by atoms with van der Waals surface area (Å²) in [5.41, 5.74) is 0. The third kappa shape index (κ3) is 4.23. The van der Waals surface area contributed by atoms with E-state index in [2.05, 4.69) is 29.1 Å². The van der Waals surface area contributed by atoms with Gasteiger partial charge in [-0.2, -0.15) is 0 Å². The molecule has 2 aliphatic rings. The van der Waals surface area contributed by atoms with Crippen molar-refractivity contribution in [2.45, 2.75) is 38.6 Å². The summed E-state index contributed by atoms with van der Waals surface area (Å²) in [6.07, 6.45) is 5.50. The van der Waals surface area contributed by atoms with Crippen LogP contribution in [0.3, 0.4) is 0 Å². The summed E-state index contributed by atoms with van der Waals surface area (Å²) in [6, 6.07) is 0.782. The monoisotopic (exact) mass is 239 g/mol. The number of hydrogen-bond donors (Lipinski definition) is 1. The molecule has 0 aromatic heterocycles. The summed E-state index contributed by atoms with van der Waals surface area (Å²) in [7, 11) is 2.26. The van der Waals surface area contributed by atoms with Crippen molar-refractivity contribution in [3.63, 3.8) is 0 Å². The van der Waals surface area contributed by atoms with Crippen LogP contribution in [-0.4, -0.2) is 62.2 Å². The average Bonchev–Trinajstić information content (AvgIpc) is 2.37. The van der Waals surface area contributed by atoms with Crippen LogP contribution in [0.1, 0.15) is 32.6 Å². The van der Waals surface area contributed by atoms with E-state index in [4.69, 9.17) is 0 Å². The number of rotatable bonds is 4. The summed E-state index contributed by atoms with van der Waals surface area (Å²) in [4.78, 5) is 5.04. The highest BCUT2D eigenvalue weighted by Gasteiger charge is 2.21. The van der Waals surface area contributed by atoms with E-state index in [1.54, 1.807) is 0 Å². The number of nitrogens with one attached hydrogen (secondary N) is 1. The summed E-state index contributed by atoms with van der Waals surface area (Å²) >= 11 is 0. The molecule has 2 fully saturated rings. The number of nitrogens with zero attached hydrogens (tertiary/aromatic N) is 2. The molecule has 2 saturated heterocycles. The van der Waals surface area contributed by atoms with Gasteiger partial charge in [-0.15, -0.1) is 0 Å². The molecule has 1 unspecified atom stereocenters. The minimum absolute atomic E-state index is 0.782. The SMILES string of the molecule is CCN1CCC(NCC2CCCN(C)C2)CC1. The zero-order valence-electron chi connectivity index (χ0n) is 11.6. The first-order valence-electron chi connectivity index (χ1n) is 7.42. The fourth-order valence-corrected chi connectivity index (χ4v) is 3.23. The molecular weight excluding hydrogens is 210 g/mol. The Hall–Kier alpha value is -0.120. The zero-order chi connectivity index (χ0) is 12.1. The molecule has 1 N–H and O–H groups in total. The lowest BCUT2D eigenvalue weighted by atomic mass is 9.97. The van der Waals surface area contributed by atoms with Crippen LogP contribution >= 0.6 is 0 Å². The maximum absolute atomic E-state index is 3.80. The van der Waals surface area contributed by atoms with Crippen LogP contribution in [0, 0.1) is 5.92 Å². The third-order valence-electron chi connectivity index (χ3n) is 4.45. The van der Waals surface area contributed by atoms with Crippen molar-refractivity contribution < 1.29 is 0 Å². The van der Waals surface area contributed by atoms with Crippen molar-refractivity contribution in [2.24, 2.45) is 5.92 Å². The van der Waals surface area contributed by atoms with Gasteiger partial charge in [0, 0.05) is 12.6 Å². The quantitative estimate of drug-likeness (QED) is 0.800. The molecule has 3 heteroatoms. The van der Waals surface area contributed by atoms with Gasteiger partial charge in [-0.1, -0.05) is 6.92 Å². The fraction of sp³-hybridized carbons (Fsp3) is 1.00. The molecule has 0 bridgehead atoms. The van der Waals surface area contributed by atoms with Crippen molar-refractivity contribution >= 4 is 0 Å². The normalized spacial score (nSPS) is 29.6. The van der Waals surface area contributed by atoms with Crippen LogP contribution in [0.25, 0.3) is 0 Å². The van der Waals surface area contributed by atoms with Crippen LogP contribution in [-0.2, 0) is 0 Å². The Kier molecular flexibility index (Phi) is 5.26. The van der Waals surface area contributed by atoms with Crippen molar-refractivity contribution in [1.29, 1.82) is 0 Å². The van der Waals surface area contributed by atoms with Gasteiger partial charge >= 0.3 is 0 Å². The predicted molar refractivity (Wildman–Crippen MR) is 73.4 cm³/mol. The minimum Gasteiger partial charge on any atom is -0.314 e. The predicted octanol–water partition coefficient (Wildman–Crippen LogP) is 1.40. The van der Waals surface area contributed by atoms with E-state index in [1.165, 1.54) is 65.0 Å². The molecule has 3 nitrogen and oxygen atoms in total. The summed E-state index contributed by atoms with van der Waals surface area (Å²) in [5, 5.41) is 3.80. The Balaban J connectivity index is 1.62. The number of hydrogen-bond acceptors (Lipinski definition) is 3. The van der Waals surface area contributed by atoms with Crippen molar-refractivity contribution in [3.05, 3.63) is 0 Å². The highest BCUT2D eigenvalue weighted by atomic mass is 15.1. The van der Waals surface area contributed by atoms with E-state index in [0.717, 1.165) is 12.0 Å². The Bertz CT molecular complexity index is 212. The molecule has 100 valence electrons. The Labute approximate surface area is 107 Å². The first kappa shape index (κ1) is 13.3. The summed E-state index contributed by atoms with van der Waals surface area (Å²) in [6.45, 7) is 9.90. The van der Waals surface area contributed by atoms with Gasteiger partial charge in [0.1, 0.15) is 0 Å². The molecule has 0 aromatic rings. The molecule has 0 aromatic carbocycles. The van der Waals surface area contributed by atoms with Gasteiger partial charge in [-0.25, -0.2) is 0 Å². The van der Waals surface area contributed by atoms with Gasteiger partial charge in [-0.3, -0.25) is 0 Å². The molecule has 0 spiro atoms. The van der Waals surface area contributed by atoms with Crippen LogP contribution < -0.4 is 5.32 Å². The lowest BCUT2D eigenvalue weighted by molar-refractivity contribution is 0.179. The highest BCUT2D eigenvalue weighted by molar-refractivity contribution is 4.79. The standard InChI is InChI=1S/C14H29N3/c1-3-17-9-6-14(7-10-17)15-11-13-5-4-8-16(2)12-13/h13-15H,3-12H2,1-2H3. The van der Waals surface area contributed by atoms with Crippen LogP contribution in [0.15, 0.2) is 0 Å². The molecule has 1 atom stereocenters. The lowest BCUT2D eigenvalue weighted by Gasteiger charge is -2.34. The van der Waals surface area contributed by atoms with E-state index in [-0.39, 0.29) is 0 Å². The maximum Gasteiger partial charge on any atom is 0.00915 e. The second-order valence-corrected chi connectivity index (χ2v) is 5.89. The van der Waals surface area contributed by atoms with E-state index < -0.39 is 0 Å². The molecular formula is C14H29N3. The van der Waals surface area contributed by atoms with E-state index in [1.807, 2.05) is 0 Å². The first-order valence-corrected chi connectivity index (χ1v) is 7.42. The van der Waals surface area contributed by atoms with Crippen LogP contribution in [0.2, 0.25) is 0 Å². The maximum atomic E-state index is 3.80. The molecule has 2 aliphatic heterocycles. The molecule has 0 aliphatic carbocycles. The number of likely N-dealkylation sites (tertiary alicyclic amines) is 2. The largest absolute Gasteiger partial charge is 0.314 e. The lowest BCUT2D eigenvalue weighted by Crippen LogP contribution is -2.45. The van der Waals surface area contributed by atoms with Crippen LogP contribution in [0.5, 0.6) is 0 Å². The van der Waals surface area contributed by atoms with Gasteiger partial charge in [0.15, 0.2) is 0 Å². The topological polar surface area (TPSA) is 18.5 Å². The fourth-order valence-electron chi connectivity index (χ4n) is 3.23. The minimum atomic E-state index is 0.782. The average molecular weight is 239 g/mol. The highest BCUT2D eigenvalue weighted by Crippen LogP contribution is 2.15. The molecule has 0 radical (unpaired) electrons. The van der Waals surface area contributed by atoms with Crippen molar-refractivity contribution in [2.75, 3.05) is 46.3 Å². The third-order valence-corrected chi connectivity index (χ3v) is 4.45. The van der Waals surface area contributed by atoms with E-state index in [9.17, 15) is 0 Å². The Morgan fingerprint density at radius 1 is 1.12 bits per heavy atom. The van der Waals surface area contributed by atoms with Crippen LogP contribution in [0.4, 0.5) is 0 Å². The van der Waals surface area contributed by atoms with Gasteiger partial charge in [-0.05, 0) is 71.4 Å². The number of piperidine rings is 2. The second kappa shape index (κ2) is 6.72. The van der Waals surface area contributed by atoms with Crippen molar-refractivity contribution in [3.8, 4) is 0 Å². The van der Waals surface area contributed by atoms with Crippen molar-refractivity contribution in [1.82, 2.24) is 15.1 Å². The molecule has 0 saturated carbocycles. The Morgan fingerprint density at radius 2 is 1.88 bits per heavy atom. The molecule has 0 amide bonds. The van der Waals surface area contributed by atoms with Gasteiger partial charge < -0.3 is 15.1 Å².